The van der Waals surface area contributed by atoms with Gasteiger partial charge in [0, 0.05) is 21.2 Å². The maximum absolute atomic E-state index is 14.3. The number of carbonyl (C=O) groups is 1. The lowest BCUT2D eigenvalue weighted by atomic mass is 9.83. The Hall–Kier alpha value is -3.09. The van der Waals surface area contributed by atoms with Crippen LogP contribution in [-0.4, -0.2) is 10.5 Å². The summed E-state index contributed by atoms with van der Waals surface area (Å²) in [5, 5.41) is 10.3. The van der Waals surface area contributed by atoms with E-state index in [1.54, 1.807) is 18.2 Å². The van der Waals surface area contributed by atoms with E-state index < -0.39 is 23.2 Å². The Kier molecular flexibility index (Phi) is 6.08. The molecule has 0 bridgehead atoms. The minimum atomic E-state index is -1.10. The van der Waals surface area contributed by atoms with Crippen LogP contribution in [0, 0.1) is 17.1 Å². The number of carbonyl (C=O) groups excluding carboxylic acids is 1. The molecule has 1 aliphatic heterocycles. The van der Waals surface area contributed by atoms with Crippen molar-refractivity contribution in [1.82, 2.24) is 4.57 Å². The van der Waals surface area contributed by atoms with Crippen LogP contribution >= 0.6 is 46.1 Å². The summed E-state index contributed by atoms with van der Waals surface area (Å²) in [6, 6.07) is 10.7. The van der Waals surface area contributed by atoms with E-state index in [4.69, 9.17) is 46.3 Å². The SMILES string of the molecule is N#CC1=C(N)n2c(s/c(=C\c3c(F)cccc3Cl)c2=O)=C(C(N)=O)C1c1c(Cl)cccc1Cl. The van der Waals surface area contributed by atoms with E-state index in [9.17, 15) is 19.2 Å². The molecule has 2 aromatic carbocycles. The number of hydrogen-bond donors (Lipinski definition) is 2. The van der Waals surface area contributed by atoms with Crippen LogP contribution in [0.15, 0.2) is 46.8 Å². The number of fused-ring (bicyclic) bond motifs is 1. The van der Waals surface area contributed by atoms with Crippen molar-refractivity contribution in [3.63, 3.8) is 0 Å². The molecular weight excluding hydrogens is 510 g/mol. The molecule has 1 unspecified atom stereocenters. The summed E-state index contributed by atoms with van der Waals surface area (Å²) in [5.41, 5.74) is 11.3. The highest BCUT2D eigenvalue weighted by Gasteiger charge is 2.36. The summed E-state index contributed by atoms with van der Waals surface area (Å²) in [6.45, 7) is 0. The average Bonchev–Trinajstić information content (AvgIpc) is 3.06. The molecule has 1 atom stereocenters. The summed E-state index contributed by atoms with van der Waals surface area (Å²) in [4.78, 5) is 25.8. The van der Waals surface area contributed by atoms with Crippen molar-refractivity contribution >= 4 is 69.5 Å². The monoisotopic (exact) mass is 520 g/mol. The number of primary amides is 1. The van der Waals surface area contributed by atoms with Crippen LogP contribution in [0.2, 0.25) is 15.1 Å². The van der Waals surface area contributed by atoms with Crippen LogP contribution in [0.5, 0.6) is 0 Å². The van der Waals surface area contributed by atoms with E-state index in [0.717, 1.165) is 15.9 Å². The lowest BCUT2D eigenvalue weighted by Crippen LogP contribution is -2.41. The maximum atomic E-state index is 14.3. The normalized spacial score (nSPS) is 16.0. The summed E-state index contributed by atoms with van der Waals surface area (Å²) in [6.07, 6.45) is 1.26. The molecule has 0 radical (unpaired) electrons. The zero-order valence-corrected chi connectivity index (χ0v) is 19.5. The van der Waals surface area contributed by atoms with E-state index in [1.165, 1.54) is 24.3 Å². The molecule has 0 saturated carbocycles. The molecular formula is C22H12Cl3FN4O2S. The Morgan fingerprint density at radius 3 is 2.33 bits per heavy atom. The van der Waals surface area contributed by atoms with Crippen LogP contribution in [-0.2, 0) is 4.79 Å². The molecule has 33 heavy (non-hydrogen) atoms. The lowest BCUT2D eigenvalue weighted by Gasteiger charge is -2.25. The van der Waals surface area contributed by atoms with E-state index in [-0.39, 0.29) is 52.4 Å². The molecule has 4 rings (SSSR count). The van der Waals surface area contributed by atoms with Crippen molar-refractivity contribution in [2.75, 3.05) is 0 Å². The minimum absolute atomic E-state index is 0.00940. The minimum Gasteiger partial charge on any atom is -0.384 e. The first-order valence-electron chi connectivity index (χ1n) is 9.23. The fraction of sp³-hybridized carbons (Fsp3) is 0.0455. The molecule has 0 saturated heterocycles. The van der Waals surface area contributed by atoms with Gasteiger partial charge < -0.3 is 11.5 Å². The standard InChI is InChI=1S/C22H12Cl3FN4O2S/c23-11-3-2-6-14(26)9(11)7-15-21(32)30-19(28)10(8-27)16(18(20(29)31)22(30)33-15)17-12(24)4-1-5-13(17)25/h1-7,16H,28H2,(H2,29,31)/b15-7-. The number of halogens is 4. The van der Waals surface area contributed by atoms with Crippen LogP contribution in [0.25, 0.3) is 17.5 Å². The first-order valence-corrected chi connectivity index (χ1v) is 11.2. The van der Waals surface area contributed by atoms with E-state index >= 15 is 0 Å². The van der Waals surface area contributed by atoms with Gasteiger partial charge in [-0.05, 0) is 30.3 Å². The van der Waals surface area contributed by atoms with Gasteiger partial charge in [0.1, 0.15) is 16.3 Å². The van der Waals surface area contributed by atoms with E-state index in [2.05, 4.69) is 0 Å². The van der Waals surface area contributed by atoms with Crippen molar-refractivity contribution in [3.8, 4) is 6.07 Å². The van der Waals surface area contributed by atoms with Gasteiger partial charge in [-0.2, -0.15) is 5.26 Å². The Balaban J connectivity index is 2.17. The number of nitrogens with two attached hydrogens (primary N) is 2. The predicted octanol–water partition coefficient (Wildman–Crippen LogP) is 2.92. The van der Waals surface area contributed by atoms with Gasteiger partial charge in [-0.25, -0.2) is 4.39 Å². The molecule has 166 valence electrons. The van der Waals surface area contributed by atoms with Gasteiger partial charge in [0.2, 0.25) is 5.91 Å². The third kappa shape index (κ3) is 3.73. The number of aromatic nitrogens is 1. The van der Waals surface area contributed by atoms with Crippen molar-refractivity contribution in [3.05, 3.63) is 93.5 Å². The zero-order valence-electron chi connectivity index (χ0n) is 16.4. The van der Waals surface area contributed by atoms with Crippen LogP contribution in [0.3, 0.4) is 0 Å². The number of nitriles is 1. The van der Waals surface area contributed by atoms with Crippen LogP contribution in [0.4, 0.5) is 4.39 Å². The van der Waals surface area contributed by atoms with E-state index in [1.807, 2.05) is 6.07 Å². The van der Waals surface area contributed by atoms with Crippen LogP contribution in [0.1, 0.15) is 17.0 Å². The Morgan fingerprint density at radius 2 is 1.76 bits per heavy atom. The molecule has 1 aliphatic rings. The maximum Gasteiger partial charge on any atom is 0.274 e. The van der Waals surface area contributed by atoms with Gasteiger partial charge in [0.25, 0.3) is 5.56 Å². The van der Waals surface area contributed by atoms with Gasteiger partial charge >= 0.3 is 0 Å². The van der Waals surface area contributed by atoms with Crippen molar-refractivity contribution in [2.45, 2.75) is 5.92 Å². The Bertz CT molecular complexity index is 1560. The number of rotatable bonds is 3. The largest absolute Gasteiger partial charge is 0.384 e. The molecule has 2 heterocycles. The first-order chi connectivity index (χ1) is 15.7. The quantitative estimate of drug-likeness (QED) is 0.551. The highest BCUT2D eigenvalue weighted by molar-refractivity contribution is 7.07. The highest BCUT2D eigenvalue weighted by Crippen LogP contribution is 2.42. The van der Waals surface area contributed by atoms with Gasteiger partial charge in [-0.15, -0.1) is 11.3 Å². The van der Waals surface area contributed by atoms with Gasteiger partial charge in [0.05, 0.1) is 32.7 Å². The molecule has 11 heteroatoms. The molecule has 3 aromatic rings. The summed E-state index contributed by atoms with van der Waals surface area (Å²) < 4.78 is 15.4. The molecule has 0 aliphatic carbocycles. The summed E-state index contributed by atoms with van der Waals surface area (Å²) in [7, 11) is 0. The number of thiazole rings is 1. The number of amides is 1. The average molecular weight is 522 g/mol. The molecule has 1 amide bonds. The van der Waals surface area contributed by atoms with Crippen molar-refractivity contribution in [1.29, 1.82) is 5.26 Å². The van der Waals surface area contributed by atoms with Gasteiger partial charge in [0.15, 0.2) is 0 Å². The Labute approximate surface area is 205 Å². The van der Waals surface area contributed by atoms with Gasteiger partial charge in [-0.3, -0.25) is 14.2 Å². The lowest BCUT2D eigenvalue weighted by molar-refractivity contribution is -0.113. The van der Waals surface area contributed by atoms with E-state index in [0.29, 0.717) is 0 Å². The number of allylic oxidation sites excluding steroid dienone is 1. The van der Waals surface area contributed by atoms with Crippen molar-refractivity contribution in [2.24, 2.45) is 11.5 Å². The fourth-order valence-electron chi connectivity index (χ4n) is 3.64. The third-order valence-corrected chi connectivity index (χ3v) is 7.19. The molecule has 0 fully saturated rings. The molecule has 6 nitrogen and oxygen atoms in total. The molecule has 4 N–H and O–H groups in total. The Morgan fingerprint density at radius 1 is 1.15 bits per heavy atom. The third-order valence-electron chi connectivity index (χ3n) is 5.10. The molecule has 0 spiro atoms. The van der Waals surface area contributed by atoms with Crippen LogP contribution < -0.4 is 26.2 Å². The number of benzene rings is 2. The number of hydrogen-bond acceptors (Lipinski definition) is 5. The first kappa shape index (κ1) is 23.1. The predicted molar refractivity (Wildman–Crippen MR) is 128 cm³/mol. The zero-order chi connectivity index (χ0) is 24.0. The number of nitrogens with zero attached hydrogens (tertiary/aromatic N) is 2. The smallest absolute Gasteiger partial charge is 0.274 e. The van der Waals surface area contributed by atoms with Crippen molar-refractivity contribution < 1.29 is 9.18 Å². The fourth-order valence-corrected chi connectivity index (χ4v) is 5.64. The van der Waals surface area contributed by atoms with Gasteiger partial charge in [-0.1, -0.05) is 46.9 Å². The second kappa shape index (κ2) is 8.69. The second-order valence-corrected chi connectivity index (χ2v) is 9.20. The topological polar surface area (TPSA) is 115 Å². The summed E-state index contributed by atoms with van der Waals surface area (Å²) in [5.74, 6) is -2.85. The molecule has 1 aromatic heterocycles. The summed E-state index contributed by atoms with van der Waals surface area (Å²) >= 11 is 19.7. The highest BCUT2D eigenvalue weighted by atomic mass is 35.5. The second-order valence-electron chi connectivity index (χ2n) is 6.95.